The van der Waals surface area contributed by atoms with Gasteiger partial charge in [-0.15, -0.1) is 11.3 Å². The van der Waals surface area contributed by atoms with Gasteiger partial charge in [-0.05, 0) is 49.9 Å². The number of aromatic nitrogens is 1. The largest absolute Gasteiger partial charge is 0.322 e. The summed E-state index contributed by atoms with van der Waals surface area (Å²) in [5.74, 6) is 0. The molecule has 3 aromatic rings. The minimum absolute atomic E-state index is 0.422. The Bertz CT molecular complexity index is 851. The quantitative estimate of drug-likeness (QED) is 0.687. The van der Waals surface area contributed by atoms with Crippen molar-refractivity contribution in [2.75, 3.05) is 0 Å². The highest BCUT2D eigenvalue weighted by Crippen LogP contribution is 2.24. The Morgan fingerprint density at radius 3 is 2.74 bits per heavy atom. The smallest absolute Gasteiger partial charge is 0.102 e. The van der Waals surface area contributed by atoms with Crippen LogP contribution in [-0.4, -0.2) is 15.3 Å². The van der Waals surface area contributed by atoms with Gasteiger partial charge in [0.25, 0.3) is 0 Å². The Labute approximate surface area is 141 Å². The van der Waals surface area contributed by atoms with E-state index in [1.165, 1.54) is 10.4 Å². The summed E-state index contributed by atoms with van der Waals surface area (Å²) in [4.78, 5) is 3.83. The van der Waals surface area contributed by atoms with Crippen molar-refractivity contribution in [3.05, 3.63) is 63.6 Å². The summed E-state index contributed by atoms with van der Waals surface area (Å²) >= 11 is 1.81. The van der Waals surface area contributed by atoms with Crippen molar-refractivity contribution in [3.8, 4) is 6.07 Å². The molecule has 0 bridgehead atoms. The molecule has 3 nitrogen and oxygen atoms in total. The molecular weight excluding hydrogens is 302 g/mol. The number of nitrogens with zero attached hydrogens (tertiary/aromatic N) is 3. The molecule has 0 aliphatic rings. The summed E-state index contributed by atoms with van der Waals surface area (Å²) in [6, 6.07) is 11.0. The lowest BCUT2D eigenvalue weighted by atomic mass is 10.1. The second-order valence-corrected chi connectivity index (χ2v) is 7.16. The van der Waals surface area contributed by atoms with Crippen LogP contribution < -0.4 is 0 Å². The molecule has 118 valence electrons. The predicted molar refractivity (Wildman–Crippen MR) is 95.6 cm³/mol. The molecule has 3 aromatic heterocycles. The van der Waals surface area contributed by atoms with Gasteiger partial charge in [0.1, 0.15) is 6.07 Å². The molecule has 0 fully saturated rings. The SMILES string of the molecule is Cc1ccsc1CN(Cc1cn2ccccc2c1C#N)C(C)C. The van der Waals surface area contributed by atoms with Crippen LogP contribution in [0.1, 0.15) is 35.4 Å². The van der Waals surface area contributed by atoms with Gasteiger partial charge in [-0.2, -0.15) is 5.26 Å². The van der Waals surface area contributed by atoms with E-state index in [-0.39, 0.29) is 0 Å². The van der Waals surface area contributed by atoms with Crippen LogP contribution in [0.5, 0.6) is 0 Å². The van der Waals surface area contributed by atoms with E-state index < -0.39 is 0 Å². The molecule has 23 heavy (non-hydrogen) atoms. The summed E-state index contributed by atoms with van der Waals surface area (Å²) in [6.07, 6.45) is 4.09. The molecule has 3 heterocycles. The van der Waals surface area contributed by atoms with Gasteiger partial charge in [-0.25, -0.2) is 0 Å². The van der Waals surface area contributed by atoms with E-state index in [2.05, 4.69) is 49.4 Å². The van der Waals surface area contributed by atoms with Crippen LogP contribution in [0.3, 0.4) is 0 Å². The van der Waals surface area contributed by atoms with Crippen LogP contribution in [0, 0.1) is 18.3 Å². The number of nitriles is 1. The molecule has 0 N–H and O–H groups in total. The van der Waals surface area contributed by atoms with Crippen molar-refractivity contribution in [1.82, 2.24) is 9.30 Å². The van der Waals surface area contributed by atoms with E-state index in [1.807, 2.05) is 40.1 Å². The number of aryl methyl sites for hydroxylation is 1. The first-order chi connectivity index (χ1) is 11.1. The standard InChI is InChI=1S/C19H21N3S/c1-14(2)22(13-19-15(3)7-9-23-19)12-16-11-21-8-5-4-6-18(21)17(16)10-20/h4-9,11,14H,12-13H2,1-3H3. The van der Waals surface area contributed by atoms with Gasteiger partial charge in [0, 0.05) is 42.0 Å². The minimum atomic E-state index is 0.422. The van der Waals surface area contributed by atoms with Crippen molar-refractivity contribution in [2.24, 2.45) is 0 Å². The van der Waals surface area contributed by atoms with E-state index in [0.717, 1.165) is 29.7 Å². The van der Waals surface area contributed by atoms with E-state index in [9.17, 15) is 5.26 Å². The fourth-order valence-electron chi connectivity index (χ4n) is 2.82. The lowest BCUT2D eigenvalue weighted by Gasteiger charge is -2.26. The summed E-state index contributed by atoms with van der Waals surface area (Å²) in [5.41, 5.74) is 4.23. The van der Waals surface area contributed by atoms with Gasteiger partial charge in [0.05, 0.1) is 11.1 Å². The number of thiophene rings is 1. The lowest BCUT2D eigenvalue weighted by molar-refractivity contribution is 0.205. The van der Waals surface area contributed by atoms with Gasteiger partial charge < -0.3 is 4.40 Å². The Kier molecular flexibility index (Phi) is 4.51. The Morgan fingerprint density at radius 2 is 2.09 bits per heavy atom. The van der Waals surface area contributed by atoms with Gasteiger partial charge >= 0.3 is 0 Å². The first-order valence-corrected chi connectivity index (χ1v) is 8.73. The van der Waals surface area contributed by atoms with Crippen LogP contribution >= 0.6 is 11.3 Å². The van der Waals surface area contributed by atoms with Crippen LogP contribution in [0.15, 0.2) is 42.0 Å². The third-order valence-electron chi connectivity index (χ3n) is 4.29. The molecule has 0 radical (unpaired) electrons. The zero-order chi connectivity index (χ0) is 16.4. The highest BCUT2D eigenvalue weighted by atomic mass is 32.1. The molecule has 0 saturated carbocycles. The highest BCUT2D eigenvalue weighted by Gasteiger charge is 2.17. The summed E-state index contributed by atoms with van der Waals surface area (Å²) in [5, 5.41) is 11.7. The Morgan fingerprint density at radius 1 is 1.26 bits per heavy atom. The summed E-state index contributed by atoms with van der Waals surface area (Å²) in [7, 11) is 0. The second kappa shape index (κ2) is 6.57. The minimum Gasteiger partial charge on any atom is -0.322 e. The topological polar surface area (TPSA) is 31.4 Å². The molecular formula is C19H21N3S. The Balaban J connectivity index is 1.92. The molecule has 0 unspecified atom stereocenters. The average molecular weight is 323 g/mol. The van der Waals surface area contributed by atoms with Crippen LogP contribution in [0.4, 0.5) is 0 Å². The van der Waals surface area contributed by atoms with Gasteiger partial charge in [-0.1, -0.05) is 6.07 Å². The second-order valence-electron chi connectivity index (χ2n) is 6.16. The molecule has 0 aliphatic carbocycles. The van der Waals surface area contributed by atoms with E-state index >= 15 is 0 Å². The third kappa shape index (κ3) is 3.17. The number of pyridine rings is 1. The number of rotatable bonds is 5. The molecule has 0 atom stereocenters. The molecule has 0 aliphatic heterocycles. The summed E-state index contributed by atoms with van der Waals surface area (Å²) in [6.45, 7) is 8.31. The molecule has 0 amide bonds. The van der Waals surface area contributed by atoms with Gasteiger partial charge in [0.2, 0.25) is 0 Å². The van der Waals surface area contributed by atoms with Crippen LogP contribution in [0.2, 0.25) is 0 Å². The van der Waals surface area contributed by atoms with E-state index in [0.29, 0.717) is 6.04 Å². The summed E-state index contributed by atoms with van der Waals surface area (Å²) < 4.78 is 2.04. The zero-order valence-corrected chi connectivity index (χ0v) is 14.6. The molecule has 3 rings (SSSR count). The Hall–Kier alpha value is -2.09. The van der Waals surface area contributed by atoms with E-state index in [1.54, 1.807) is 0 Å². The third-order valence-corrected chi connectivity index (χ3v) is 5.30. The number of fused-ring (bicyclic) bond motifs is 1. The first-order valence-electron chi connectivity index (χ1n) is 7.86. The average Bonchev–Trinajstić information content (AvgIpc) is 3.09. The van der Waals surface area contributed by atoms with Crippen molar-refractivity contribution >= 4 is 16.9 Å². The highest BCUT2D eigenvalue weighted by molar-refractivity contribution is 7.10. The van der Waals surface area contributed by atoms with Crippen molar-refractivity contribution in [3.63, 3.8) is 0 Å². The van der Waals surface area contributed by atoms with Gasteiger partial charge in [-0.3, -0.25) is 4.90 Å². The first kappa shape index (κ1) is 15.8. The number of hydrogen-bond donors (Lipinski definition) is 0. The fourth-order valence-corrected chi connectivity index (χ4v) is 3.75. The molecule has 0 aromatic carbocycles. The molecule has 0 saturated heterocycles. The van der Waals surface area contributed by atoms with Crippen LogP contribution in [-0.2, 0) is 13.1 Å². The number of hydrogen-bond acceptors (Lipinski definition) is 3. The maximum Gasteiger partial charge on any atom is 0.102 e. The monoisotopic (exact) mass is 323 g/mol. The van der Waals surface area contributed by atoms with Crippen LogP contribution in [0.25, 0.3) is 5.52 Å². The van der Waals surface area contributed by atoms with Crippen molar-refractivity contribution in [1.29, 1.82) is 5.26 Å². The normalized spacial score (nSPS) is 11.5. The maximum absolute atomic E-state index is 9.58. The maximum atomic E-state index is 9.58. The molecule has 4 heteroatoms. The zero-order valence-electron chi connectivity index (χ0n) is 13.8. The van der Waals surface area contributed by atoms with Crippen molar-refractivity contribution < 1.29 is 0 Å². The lowest BCUT2D eigenvalue weighted by Crippen LogP contribution is -2.29. The van der Waals surface area contributed by atoms with Crippen molar-refractivity contribution in [2.45, 2.75) is 39.9 Å². The van der Waals surface area contributed by atoms with Gasteiger partial charge in [0.15, 0.2) is 0 Å². The predicted octanol–water partition coefficient (Wildman–Crippen LogP) is 4.59. The van der Waals surface area contributed by atoms with E-state index in [4.69, 9.17) is 0 Å². The fraction of sp³-hybridized carbons (Fsp3) is 0.316. The molecule has 0 spiro atoms.